The molecular formula is C8H12N4. The highest BCUT2D eigenvalue weighted by Gasteiger charge is 2.19. The van der Waals surface area contributed by atoms with Crippen LogP contribution in [-0.2, 0) is 13.5 Å². The van der Waals surface area contributed by atoms with Crippen LogP contribution in [0.4, 0.5) is 0 Å². The normalized spacial score (nSPS) is 11.2. The molecule has 0 spiro atoms. The monoisotopic (exact) mass is 164 g/mol. The third-order valence-electron chi connectivity index (χ3n) is 1.71. The van der Waals surface area contributed by atoms with Crippen molar-refractivity contribution in [2.24, 2.45) is 12.5 Å². The van der Waals surface area contributed by atoms with E-state index < -0.39 is 0 Å². The summed E-state index contributed by atoms with van der Waals surface area (Å²) in [5.41, 5.74) is -0.360. The summed E-state index contributed by atoms with van der Waals surface area (Å²) in [6, 6.07) is 2.23. The van der Waals surface area contributed by atoms with Crippen molar-refractivity contribution < 1.29 is 0 Å². The van der Waals surface area contributed by atoms with Crippen LogP contribution in [0, 0.1) is 16.7 Å². The molecule has 4 nitrogen and oxygen atoms in total. The molecule has 0 aromatic carbocycles. The second-order valence-electron chi connectivity index (χ2n) is 3.47. The molecule has 0 saturated heterocycles. The van der Waals surface area contributed by atoms with E-state index >= 15 is 0 Å². The molecule has 0 N–H and O–H groups in total. The molecule has 0 aliphatic rings. The predicted molar refractivity (Wildman–Crippen MR) is 44.1 cm³/mol. The fraction of sp³-hybridized carbons (Fsp3) is 0.625. The standard InChI is InChI=1S/C8H12N4/c1-8(2,5-9)4-7-10-6-11-12(7)3/h6H,4H2,1-3H3. The molecular weight excluding hydrogens is 152 g/mol. The molecule has 0 aliphatic carbocycles. The second-order valence-corrected chi connectivity index (χ2v) is 3.47. The van der Waals surface area contributed by atoms with Crippen molar-refractivity contribution in [1.82, 2.24) is 14.8 Å². The minimum absolute atomic E-state index is 0.360. The summed E-state index contributed by atoms with van der Waals surface area (Å²) in [4.78, 5) is 4.05. The van der Waals surface area contributed by atoms with Crippen LogP contribution in [0.25, 0.3) is 0 Å². The van der Waals surface area contributed by atoms with E-state index in [1.165, 1.54) is 6.33 Å². The zero-order valence-corrected chi connectivity index (χ0v) is 7.57. The van der Waals surface area contributed by atoms with Gasteiger partial charge in [-0.05, 0) is 13.8 Å². The minimum atomic E-state index is -0.360. The van der Waals surface area contributed by atoms with E-state index in [0.29, 0.717) is 6.42 Å². The molecule has 1 aromatic heterocycles. The zero-order chi connectivity index (χ0) is 9.19. The average molecular weight is 164 g/mol. The van der Waals surface area contributed by atoms with Crippen molar-refractivity contribution in [3.63, 3.8) is 0 Å². The third-order valence-corrected chi connectivity index (χ3v) is 1.71. The number of hydrogen-bond acceptors (Lipinski definition) is 3. The van der Waals surface area contributed by atoms with Gasteiger partial charge >= 0.3 is 0 Å². The molecule has 0 amide bonds. The van der Waals surface area contributed by atoms with Gasteiger partial charge < -0.3 is 0 Å². The van der Waals surface area contributed by atoms with E-state index in [1.807, 2.05) is 20.9 Å². The highest BCUT2D eigenvalue weighted by Crippen LogP contribution is 2.18. The van der Waals surface area contributed by atoms with Gasteiger partial charge in [0.2, 0.25) is 0 Å². The van der Waals surface area contributed by atoms with Gasteiger partial charge in [-0.15, -0.1) is 0 Å². The SMILES string of the molecule is Cn1ncnc1CC(C)(C)C#N. The Bertz CT molecular complexity index is 305. The van der Waals surface area contributed by atoms with Crippen LogP contribution < -0.4 is 0 Å². The largest absolute Gasteiger partial charge is 0.253 e. The lowest BCUT2D eigenvalue weighted by Gasteiger charge is -2.13. The van der Waals surface area contributed by atoms with Gasteiger partial charge in [0.1, 0.15) is 12.2 Å². The molecule has 64 valence electrons. The summed E-state index contributed by atoms with van der Waals surface area (Å²) in [5.74, 6) is 0.849. The zero-order valence-electron chi connectivity index (χ0n) is 7.57. The van der Waals surface area contributed by atoms with Gasteiger partial charge in [-0.3, -0.25) is 4.68 Å². The highest BCUT2D eigenvalue weighted by molar-refractivity contribution is 5.00. The first-order valence-corrected chi connectivity index (χ1v) is 3.79. The van der Waals surface area contributed by atoms with E-state index in [2.05, 4.69) is 16.2 Å². The molecule has 0 fully saturated rings. The Morgan fingerprint density at radius 1 is 1.67 bits per heavy atom. The maximum atomic E-state index is 8.78. The van der Waals surface area contributed by atoms with E-state index in [0.717, 1.165) is 5.82 Å². The Labute approximate surface area is 71.8 Å². The molecule has 4 heteroatoms. The molecule has 1 rings (SSSR count). The summed E-state index contributed by atoms with van der Waals surface area (Å²) >= 11 is 0. The number of aryl methyl sites for hydroxylation is 1. The number of rotatable bonds is 2. The van der Waals surface area contributed by atoms with Gasteiger partial charge in [-0.2, -0.15) is 10.4 Å². The van der Waals surface area contributed by atoms with Crippen LogP contribution in [0.1, 0.15) is 19.7 Å². The molecule has 0 aliphatic heterocycles. The van der Waals surface area contributed by atoms with Gasteiger partial charge in [0.25, 0.3) is 0 Å². The first-order valence-electron chi connectivity index (χ1n) is 3.79. The smallest absolute Gasteiger partial charge is 0.138 e. The first kappa shape index (κ1) is 8.72. The van der Waals surface area contributed by atoms with Crippen LogP contribution in [0.15, 0.2) is 6.33 Å². The maximum absolute atomic E-state index is 8.78. The van der Waals surface area contributed by atoms with Crippen molar-refractivity contribution >= 4 is 0 Å². The molecule has 0 unspecified atom stereocenters. The number of nitriles is 1. The number of hydrogen-bond donors (Lipinski definition) is 0. The Kier molecular flexibility index (Phi) is 2.13. The van der Waals surface area contributed by atoms with Crippen molar-refractivity contribution in [3.8, 4) is 6.07 Å². The van der Waals surface area contributed by atoms with E-state index in [4.69, 9.17) is 5.26 Å². The minimum Gasteiger partial charge on any atom is -0.253 e. The van der Waals surface area contributed by atoms with Gasteiger partial charge in [0.15, 0.2) is 0 Å². The third kappa shape index (κ3) is 1.82. The van der Waals surface area contributed by atoms with Crippen molar-refractivity contribution in [3.05, 3.63) is 12.2 Å². The van der Waals surface area contributed by atoms with Gasteiger partial charge in [0.05, 0.1) is 11.5 Å². The maximum Gasteiger partial charge on any atom is 0.138 e. The highest BCUT2D eigenvalue weighted by atomic mass is 15.3. The second kappa shape index (κ2) is 2.94. The van der Waals surface area contributed by atoms with E-state index in [1.54, 1.807) is 4.68 Å². The molecule has 0 saturated carbocycles. The van der Waals surface area contributed by atoms with Crippen LogP contribution >= 0.6 is 0 Å². The lowest BCUT2D eigenvalue weighted by atomic mass is 9.91. The Morgan fingerprint density at radius 3 is 2.75 bits per heavy atom. The lowest BCUT2D eigenvalue weighted by molar-refractivity contribution is 0.465. The molecule has 1 heterocycles. The van der Waals surface area contributed by atoms with E-state index in [9.17, 15) is 0 Å². The van der Waals surface area contributed by atoms with Gasteiger partial charge in [-0.1, -0.05) is 0 Å². The van der Waals surface area contributed by atoms with Gasteiger partial charge in [-0.25, -0.2) is 4.98 Å². The Morgan fingerprint density at radius 2 is 2.33 bits per heavy atom. The summed E-state index contributed by atoms with van der Waals surface area (Å²) < 4.78 is 1.69. The molecule has 1 aromatic rings. The molecule has 0 atom stereocenters. The Hall–Kier alpha value is -1.37. The van der Waals surface area contributed by atoms with E-state index in [-0.39, 0.29) is 5.41 Å². The van der Waals surface area contributed by atoms with Crippen LogP contribution in [0.3, 0.4) is 0 Å². The molecule has 0 radical (unpaired) electrons. The topological polar surface area (TPSA) is 54.5 Å². The fourth-order valence-corrected chi connectivity index (χ4v) is 0.915. The number of aromatic nitrogens is 3. The van der Waals surface area contributed by atoms with Crippen LogP contribution in [0.2, 0.25) is 0 Å². The number of nitrogens with zero attached hydrogens (tertiary/aromatic N) is 4. The first-order chi connectivity index (χ1) is 5.55. The van der Waals surface area contributed by atoms with Crippen molar-refractivity contribution in [1.29, 1.82) is 5.26 Å². The lowest BCUT2D eigenvalue weighted by Crippen LogP contribution is -2.15. The fourth-order valence-electron chi connectivity index (χ4n) is 0.915. The summed E-state index contributed by atoms with van der Waals surface area (Å²) in [6.07, 6.45) is 2.14. The summed E-state index contributed by atoms with van der Waals surface area (Å²) in [7, 11) is 1.83. The van der Waals surface area contributed by atoms with Crippen molar-refractivity contribution in [2.45, 2.75) is 20.3 Å². The quantitative estimate of drug-likeness (QED) is 0.652. The molecule has 0 bridgehead atoms. The summed E-state index contributed by atoms with van der Waals surface area (Å²) in [5, 5.41) is 12.7. The van der Waals surface area contributed by atoms with Crippen LogP contribution in [0.5, 0.6) is 0 Å². The van der Waals surface area contributed by atoms with Crippen molar-refractivity contribution in [2.75, 3.05) is 0 Å². The molecule has 12 heavy (non-hydrogen) atoms. The summed E-state index contributed by atoms with van der Waals surface area (Å²) in [6.45, 7) is 3.78. The Balaban J connectivity index is 2.78. The van der Waals surface area contributed by atoms with Crippen LogP contribution in [-0.4, -0.2) is 14.8 Å². The van der Waals surface area contributed by atoms with Gasteiger partial charge in [0, 0.05) is 13.5 Å². The predicted octanol–water partition coefficient (Wildman–Crippen LogP) is 0.907. The average Bonchev–Trinajstić information content (AvgIpc) is 2.36.